The average molecular weight is 477 g/mol. The van der Waals surface area contributed by atoms with Gasteiger partial charge in [-0.3, -0.25) is 4.18 Å². The second-order valence-electron chi connectivity index (χ2n) is 5.66. The van der Waals surface area contributed by atoms with Crippen molar-refractivity contribution in [1.82, 2.24) is 4.72 Å². The van der Waals surface area contributed by atoms with Gasteiger partial charge in [0, 0.05) is 6.54 Å². The van der Waals surface area contributed by atoms with E-state index < -0.39 is 66.6 Å². The van der Waals surface area contributed by atoms with Crippen LogP contribution in [0.2, 0.25) is 0 Å². The summed E-state index contributed by atoms with van der Waals surface area (Å²) in [6.07, 6.45) is -9.96. The molecule has 0 aliphatic heterocycles. The van der Waals surface area contributed by atoms with Gasteiger partial charge in [0.15, 0.2) is 0 Å². The Kier molecular flexibility index (Phi) is 6.85. The minimum Gasteiger partial charge on any atom is -0.265 e. The lowest BCUT2D eigenvalue weighted by atomic mass is 10.2. The third-order valence-corrected chi connectivity index (χ3v) is 6.47. The minimum atomic E-state index is -4.99. The van der Waals surface area contributed by atoms with E-state index in [-0.39, 0.29) is 0 Å². The minimum absolute atomic E-state index is 0.521. The van der Waals surface area contributed by atoms with Crippen molar-refractivity contribution >= 4 is 20.1 Å². The highest BCUT2D eigenvalue weighted by Gasteiger charge is 2.38. The lowest BCUT2D eigenvalue weighted by molar-refractivity contribution is -0.140. The molecule has 2 rings (SSSR count). The van der Waals surface area contributed by atoms with Gasteiger partial charge in [-0.15, -0.1) is 0 Å². The lowest BCUT2D eigenvalue weighted by Crippen LogP contribution is -2.30. The summed E-state index contributed by atoms with van der Waals surface area (Å²) < 4.78 is 132. The van der Waals surface area contributed by atoms with Gasteiger partial charge in [0.25, 0.3) is 10.1 Å². The van der Waals surface area contributed by atoms with Crippen LogP contribution in [0.5, 0.6) is 0 Å². The van der Waals surface area contributed by atoms with Crippen molar-refractivity contribution in [2.45, 2.75) is 22.1 Å². The van der Waals surface area contributed by atoms with Gasteiger partial charge in [-0.25, -0.2) is 13.1 Å². The van der Waals surface area contributed by atoms with Crippen LogP contribution >= 0.6 is 0 Å². The monoisotopic (exact) mass is 477 g/mol. The predicted octanol–water partition coefficient (Wildman–Crippen LogP) is 3.41. The van der Waals surface area contributed by atoms with E-state index in [0.29, 0.717) is 24.3 Å². The zero-order valence-corrected chi connectivity index (χ0v) is 16.3. The van der Waals surface area contributed by atoms with Gasteiger partial charge >= 0.3 is 12.4 Å². The van der Waals surface area contributed by atoms with Crippen molar-refractivity contribution in [2.75, 3.05) is 13.2 Å². The quantitative estimate of drug-likeness (QED) is 0.375. The van der Waals surface area contributed by atoms with E-state index in [0.717, 1.165) is 24.3 Å². The van der Waals surface area contributed by atoms with Crippen LogP contribution in [0.1, 0.15) is 11.1 Å². The largest absolute Gasteiger partial charge is 0.417 e. The Morgan fingerprint density at radius 1 is 0.733 bits per heavy atom. The van der Waals surface area contributed by atoms with E-state index in [9.17, 15) is 43.2 Å². The zero-order valence-electron chi connectivity index (χ0n) is 14.7. The van der Waals surface area contributed by atoms with E-state index in [2.05, 4.69) is 4.18 Å². The second kappa shape index (κ2) is 8.53. The number of nitrogens with one attached hydrogen (secondary N) is 1. The Morgan fingerprint density at radius 3 is 1.67 bits per heavy atom. The number of benzene rings is 2. The highest BCUT2D eigenvalue weighted by atomic mass is 32.2. The van der Waals surface area contributed by atoms with Crippen molar-refractivity contribution in [3.8, 4) is 0 Å². The molecule has 1 N–H and O–H groups in total. The van der Waals surface area contributed by atoms with Crippen LogP contribution in [0.4, 0.5) is 26.3 Å². The molecule has 0 saturated heterocycles. The first-order chi connectivity index (χ1) is 13.7. The Balaban J connectivity index is 2.12. The maximum Gasteiger partial charge on any atom is 0.417 e. The molecule has 0 aliphatic carbocycles. The molecule has 0 aromatic heterocycles. The molecule has 0 unspecified atom stereocenters. The lowest BCUT2D eigenvalue weighted by Gasteiger charge is -2.14. The summed E-state index contributed by atoms with van der Waals surface area (Å²) in [6.45, 7) is -1.77. The number of rotatable bonds is 7. The number of hydrogen-bond donors (Lipinski definition) is 1. The van der Waals surface area contributed by atoms with Gasteiger partial charge in [-0.2, -0.15) is 34.8 Å². The molecule has 0 saturated carbocycles. The smallest absolute Gasteiger partial charge is 0.265 e. The van der Waals surface area contributed by atoms with Crippen LogP contribution in [0.15, 0.2) is 58.3 Å². The molecule has 0 spiro atoms. The summed E-state index contributed by atoms with van der Waals surface area (Å²) in [5, 5.41) is 0. The maximum atomic E-state index is 13.0. The van der Waals surface area contributed by atoms with Crippen molar-refractivity contribution in [1.29, 1.82) is 0 Å². The first-order valence-electron chi connectivity index (χ1n) is 7.88. The van der Waals surface area contributed by atoms with Crippen LogP contribution in [0, 0.1) is 0 Å². The normalized spacial score (nSPS) is 13.4. The summed E-state index contributed by atoms with van der Waals surface area (Å²) in [5.41, 5.74) is -2.92. The van der Waals surface area contributed by atoms with E-state index >= 15 is 0 Å². The number of sulfonamides is 1. The Bertz CT molecular complexity index is 1020. The molecule has 14 heteroatoms. The number of hydrogen-bond acceptors (Lipinski definition) is 5. The fourth-order valence-electron chi connectivity index (χ4n) is 2.32. The van der Waals surface area contributed by atoms with E-state index in [1.807, 2.05) is 0 Å². The molecule has 6 nitrogen and oxygen atoms in total. The van der Waals surface area contributed by atoms with E-state index in [4.69, 9.17) is 0 Å². The van der Waals surface area contributed by atoms with E-state index in [1.165, 1.54) is 0 Å². The zero-order chi connectivity index (χ0) is 22.8. The van der Waals surface area contributed by atoms with Gasteiger partial charge in [0.2, 0.25) is 10.0 Å². The van der Waals surface area contributed by atoms with Crippen LogP contribution in [-0.2, 0) is 36.7 Å². The second-order valence-corrected chi connectivity index (χ2v) is 8.98. The predicted molar refractivity (Wildman–Crippen MR) is 91.2 cm³/mol. The third-order valence-electron chi connectivity index (χ3n) is 3.58. The molecule has 0 aliphatic rings. The van der Waals surface area contributed by atoms with E-state index in [1.54, 1.807) is 4.72 Å². The van der Waals surface area contributed by atoms with Crippen LogP contribution < -0.4 is 4.72 Å². The van der Waals surface area contributed by atoms with Crippen molar-refractivity contribution < 1.29 is 47.4 Å². The standard InChI is InChI=1S/C16H13F6NO5S2/c17-15(18,19)11-5-1-3-7-13(11)29(24,25)23-9-10-28-30(26,27)14-8-4-2-6-12(14)16(20,21)22/h1-8,23H,9-10H2. The highest BCUT2D eigenvalue weighted by Crippen LogP contribution is 2.35. The van der Waals surface area contributed by atoms with Gasteiger partial charge in [-0.1, -0.05) is 24.3 Å². The Morgan fingerprint density at radius 2 is 1.17 bits per heavy atom. The van der Waals surface area contributed by atoms with Crippen LogP contribution in [-0.4, -0.2) is 30.0 Å². The SMILES string of the molecule is O=S(=O)(NCCOS(=O)(=O)c1ccccc1C(F)(F)F)c1ccccc1C(F)(F)F. The van der Waals surface area contributed by atoms with Gasteiger partial charge in [-0.05, 0) is 24.3 Å². The van der Waals surface area contributed by atoms with Gasteiger partial charge in [0.1, 0.15) is 4.90 Å². The molecule has 0 heterocycles. The Labute approximate surface area is 167 Å². The van der Waals surface area contributed by atoms with Gasteiger partial charge < -0.3 is 0 Å². The molecule has 2 aromatic rings. The van der Waals surface area contributed by atoms with Crippen molar-refractivity contribution in [3.63, 3.8) is 0 Å². The molecule has 0 bridgehead atoms. The molecular weight excluding hydrogens is 464 g/mol. The molecule has 0 amide bonds. The fraction of sp³-hybridized carbons (Fsp3) is 0.250. The molecule has 0 radical (unpaired) electrons. The summed E-state index contributed by atoms with van der Waals surface area (Å²) in [6, 6.07) is 6.45. The highest BCUT2D eigenvalue weighted by molar-refractivity contribution is 7.89. The summed E-state index contributed by atoms with van der Waals surface area (Å²) in [4.78, 5) is -2.27. The van der Waals surface area contributed by atoms with Crippen LogP contribution in [0.25, 0.3) is 0 Å². The molecule has 30 heavy (non-hydrogen) atoms. The number of halogens is 6. The molecular formula is C16H13F6NO5S2. The molecule has 166 valence electrons. The summed E-state index contributed by atoms with van der Waals surface area (Å²) in [7, 11) is -9.64. The van der Waals surface area contributed by atoms with Crippen molar-refractivity contribution in [3.05, 3.63) is 59.7 Å². The first kappa shape index (κ1) is 24.1. The summed E-state index contributed by atoms with van der Waals surface area (Å²) in [5.74, 6) is 0. The van der Waals surface area contributed by atoms with Crippen LogP contribution in [0.3, 0.4) is 0 Å². The average Bonchev–Trinajstić information content (AvgIpc) is 2.64. The molecule has 0 fully saturated rings. The topological polar surface area (TPSA) is 89.5 Å². The van der Waals surface area contributed by atoms with Gasteiger partial charge in [0.05, 0.1) is 22.6 Å². The first-order valence-corrected chi connectivity index (χ1v) is 10.8. The van der Waals surface area contributed by atoms with Crippen molar-refractivity contribution in [2.24, 2.45) is 0 Å². The molecule has 2 aromatic carbocycles. The summed E-state index contributed by atoms with van der Waals surface area (Å²) >= 11 is 0. The Hall–Kier alpha value is -2.16. The number of alkyl halides is 6. The maximum absolute atomic E-state index is 13.0. The fourth-order valence-corrected chi connectivity index (χ4v) is 4.69. The third kappa shape index (κ3) is 5.71. The molecule has 0 atom stereocenters.